The number of fused-ring (bicyclic) bond motifs is 1. The summed E-state index contributed by atoms with van der Waals surface area (Å²) in [6.07, 6.45) is 5.19. The topological polar surface area (TPSA) is 79.5 Å². The third kappa shape index (κ3) is 3.18. The Kier molecular flexibility index (Phi) is 4.33. The zero-order valence-electron chi connectivity index (χ0n) is 15.7. The number of hydrogen-bond acceptors (Lipinski definition) is 5. The van der Waals surface area contributed by atoms with Crippen LogP contribution in [0.5, 0.6) is 0 Å². The summed E-state index contributed by atoms with van der Waals surface area (Å²) in [5.41, 5.74) is 0.286. The average molecular weight is 402 g/mol. The molecule has 152 valence electrons. The van der Waals surface area contributed by atoms with Gasteiger partial charge in [0.15, 0.2) is 11.6 Å². The predicted molar refractivity (Wildman–Crippen MR) is 96.2 cm³/mol. The molecule has 3 amide bonds. The van der Waals surface area contributed by atoms with Crippen LogP contribution >= 0.6 is 0 Å². The number of amides is 3. The zero-order chi connectivity index (χ0) is 20.1. The fourth-order valence-corrected chi connectivity index (χ4v) is 4.40. The normalized spacial score (nSPS) is 24.8. The van der Waals surface area contributed by atoms with Gasteiger partial charge in [0.25, 0.3) is 0 Å². The molecule has 7 nitrogen and oxygen atoms in total. The highest BCUT2D eigenvalue weighted by Gasteiger charge is 2.51. The first-order chi connectivity index (χ1) is 14.0. The Morgan fingerprint density at radius 2 is 1.86 bits per heavy atom. The SMILES string of the molecule is O=C1C2CCCCC2N(Cc2nc(-c3ccc(F)c(F)c3)no2)C(=O)N1C1CC1. The molecule has 3 fully saturated rings. The van der Waals surface area contributed by atoms with E-state index in [2.05, 4.69) is 10.1 Å². The van der Waals surface area contributed by atoms with Crippen molar-refractivity contribution < 1.29 is 22.9 Å². The van der Waals surface area contributed by atoms with Crippen molar-refractivity contribution in [2.75, 3.05) is 0 Å². The number of carbonyl (C=O) groups is 2. The van der Waals surface area contributed by atoms with E-state index >= 15 is 0 Å². The zero-order valence-corrected chi connectivity index (χ0v) is 15.7. The molecule has 1 aromatic carbocycles. The fraction of sp³-hybridized carbons (Fsp3) is 0.500. The van der Waals surface area contributed by atoms with Crippen molar-refractivity contribution in [3.63, 3.8) is 0 Å². The van der Waals surface area contributed by atoms with Gasteiger partial charge in [-0.2, -0.15) is 4.98 Å². The lowest BCUT2D eigenvalue weighted by Gasteiger charge is -2.46. The number of aromatic nitrogens is 2. The Balaban J connectivity index is 1.41. The molecule has 2 aliphatic carbocycles. The van der Waals surface area contributed by atoms with Gasteiger partial charge in [0, 0.05) is 17.6 Å². The summed E-state index contributed by atoms with van der Waals surface area (Å²) < 4.78 is 31.9. The van der Waals surface area contributed by atoms with Crippen LogP contribution in [-0.4, -0.2) is 44.0 Å². The molecule has 29 heavy (non-hydrogen) atoms. The van der Waals surface area contributed by atoms with Crippen molar-refractivity contribution in [1.82, 2.24) is 19.9 Å². The van der Waals surface area contributed by atoms with Crippen LogP contribution in [0.3, 0.4) is 0 Å². The maximum atomic E-state index is 13.5. The largest absolute Gasteiger partial charge is 0.337 e. The van der Waals surface area contributed by atoms with E-state index in [0.717, 1.165) is 50.7 Å². The van der Waals surface area contributed by atoms with Crippen LogP contribution in [0, 0.1) is 17.6 Å². The van der Waals surface area contributed by atoms with Gasteiger partial charge in [0.1, 0.15) is 6.54 Å². The van der Waals surface area contributed by atoms with Crippen LogP contribution in [0.1, 0.15) is 44.4 Å². The Hall–Kier alpha value is -2.84. The first kappa shape index (κ1) is 18.2. The molecular weight excluding hydrogens is 382 g/mol. The molecule has 1 aliphatic heterocycles. The van der Waals surface area contributed by atoms with E-state index in [-0.39, 0.29) is 53.8 Å². The maximum absolute atomic E-state index is 13.5. The molecule has 2 aromatic rings. The fourth-order valence-electron chi connectivity index (χ4n) is 4.40. The number of rotatable bonds is 4. The Morgan fingerprint density at radius 1 is 1.07 bits per heavy atom. The average Bonchev–Trinajstić information content (AvgIpc) is 3.44. The standard InChI is InChI=1S/C20H20F2N4O3/c21-14-8-5-11(9-15(14)22)18-23-17(29-24-18)10-25-16-4-2-1-3-13(16)19(27)26(20(25)28)12-6-7-12/h5,8-9,12-13,16H,1-4,6-7,10H2. The lowest BCUT2D eigenvalue weighted by Crippen LogP contribution is -2.62. The van der Waals surface area contributed by atoms with E-state index in [1.54, 1.807) is 4.90 Å². The van der Waals surface area contributed by atoms with Gasteiger partial charge in [0.05, 0.1) is 5.92 Å². The molecule has 0 bridgehead atoms. The third-order valence-corrected chi connectivity index (χ3v) is 6.00. The van der Waals surface area contributed by atoms with Crippen molar-refractivity contribution in [2.45, 2.75) is 57.2 Å². The number of carbonyl (C=O) groups excluding carboxylic acids is 2. The third-order valence-electron chi connectivity index (χ3n) is 6.00. The van der Waals surface area contributed by atoms with Crippen molar-refractivity contribution in [2.24, 2.45) is 5.92 Å². The van der Waals surface area contributed by atoms with E-state index in [0.29, 0.717) is 0 Å². The van der Waals surface area contributed by atoms with E-state index in [1.165, 1.54) is 11.0 Å². The summed E-state index contributed by atoms with van der Waals surface area (Å²) in [5, 5.41) is 3.84. The monoisotopic (exact) mass is 402 g/mol. The lowest BCUT2D eigenvalue weighted by atomic mass is 9.81. The summed E-state index contributed by atoms with van der Waals surface area (Å²) in [6.45, 7) is 0.0905. The van der Waals surface area contributed by atoms with Crippen molar-refractivity contribution in [3.8, 4) is 11.4 Å². The minimum Gasteiger partial charge on any atom is -0.337 e. The van der Waals surface area contributed by atoms with Gasteiger partial charge in [0.2, 0.25) is 17.6 Å². The van der Waals surface area contributed by atoms with Gasteiger partial charge in [-0.1, -0.05) is 18.0 Å². The van der Waals surface area contributed by atoms with E-state index in [1.807, 2.05) is 0 Å². The van der Waals surface area contributed by atoms with Gasteiger partial charge >= 0.3 is 6.03 Å². The molecule has 1 saturated heterocycles. The van der Waals surface area contributed by atoms with Crippen molar-refractivity contribution in [1.29, 1.82) is 0 Å². The van der Waals surface area contributed by atoms with Crippen molar-refractivity contribution >= 4 is 11.9 Å². The second kappa shape index (κ2) is 6.89. The van der Waals surface area contributed by atoms with E-state index < -0.39 is 11.6 Å². The van der Waals surface area contributed by atoms with Crippen LogP contribution in [0.15, 0.2) is 22.7 Å². The molecule has 9 heteroatoms. The highest BCUT2D eigenvalue weighted by Crippen LogP contribution is 2.39. The predicted octanol–water partition coefficient (Wildman–Crippen LogP) is 3.50. The van der Waals surface area contributed by atoms with E-state index in [9.17, 15) is 18.4 Å². The molecule has 2 atom stereocenters. The molecule has 0 N–H and O–H groups in total. The summed E-state index contributed by atoms with van der Waals surface area (Å²) in [7, 11) is 0. The van der Waals surface area contributed by atoms with Crippen LogP contribution in [-0.2, 0) is 11.3 Å². The Bertz CT molecular complexity index is 974. The summed E-state index contributed by atoms with van der Waals surface area (Å²) in [4.78, 5) is 33.3. The summed E-state index contributed by atoms with van der Waals surface area (Å²) >= 11 is 0. The lowest BCUT2D eigenvalue weighted by molar-refractivity contribution is -0.141. The van der Waals surface area contributed by atoms with Crippen LogP contribution in [0.2, 0.25) is 0 Å². The molecule has 0 spiro atoms. The molecule has 2 saturated carbocycles. The highest BCUT2D eigenvalue weighted by atomic mass is 19.2. The molecule has 3 aliphatic rings. The second-order valence-electron chi connectivity index (χ2n) is 7.95. The first-order valence-electron chi connectivity index (χ1n) is 9.94. The number of urea groups is 1. The number of halogens is 2. The van der Waals surface area contributed by atoms with Gasteiger partial charge < -0.3 is 9.42 Å². The summed E-state index contributed by atoms with van der Waals surface area (Å²) in [5.74, 6) is -1.86. The van der Waals surface area contributed by atoms with Gasteiger partial charge in [-0.3, -0.25) is 9.69 Å². The number of hydrogen-bond donors (Lipinski definition) is 0. The molecule has 2 heterocycles. The van der Waals surface area contributed by atoms with Gasteiger partial charge in [-0.05, 0) is 43.9 Å². The smallest absolute Gasteiger partial charge is 0.327 e. The Labute approximate surface area is 165 Å². The number of imide groups is 1. The minimum absolute atomic E-state index is 0.000753. The molecule has 0 radical (unpaired) electrons. The number of nitrogens with zero attached hydrogens (tertiary/aromatic N) is 4. The molecule has 2 unspecified atom stereocenters. The van der Waals surface area contributed by atoms with Crippen LogP contribution in [0.25, 0.3) is 11.4 Å². The van der Waals surface area contributed by atoms with Gasteiger partial charge in [-0.25, -0.2) is 13.6 Å². The summed E-state index contributed by atoms with van der Waals surface area (Å²) in [6, 6.07) is 2.90. The highest BCUT2D eigenvalue weighted by molar-refractivity contribution is 5.99. The molecule has 1 aromatic heterocycles. The van der Waals surface area contributed by atoms with Crippen molar-refractivity contribution in [3.05, 3.63) is 35.7 Å². The quantitative estimate of drug-likeness (QED) is 0.782. The van der Waals surface area contributed by atoms with Crippen LogP contribution < -0.4 is 0 Å². The first-order valence-corrected chi connectivity index (χ1v) is 9.94. The minimum atomic E-state index is -0.997. The van der Waals surface area contributed by atoms with E-state index in [4.69, 9.17) is 4.52 Å². The molecular formula is C20H20F2N4O3. The number of benzene rings is 1. The van der Waals surface area contributed by atoms with Crippen LogP contribution in [0.4, 0.5) is 13.6 Å². The molecule has 5 rings (SSSR count). The Morgan fingerprint density at radius 3 is 2.62 bits per heavy atom. The maximum Gasteiger partial charge on any atom is 0.327 e. The second-order valence-corrected chi connectivity index (χ2v) is 7.95. The van der Waals surface area contributed by atoms with Gasteiger partial charge in [-0.15, -0.1) is 0 Å².